The standard InChI is InChI=1S/C19H18Cl2N2O3/c1-23(10-18(24)22-16-5-3-2-4-15(16)21)19(25)13-8-12-9-14(20)6-7-17(12)26-11-13/h2-7,9,13H,8,10-11H2,1H3,(H,22,24). The van der Waals surface area contributed by atoms with E-state index in [0.29, 0.717) is 22.2 Å². The molecule has 1 aliphatic heterocycles. The van der Waals surface area contributed by atoms with Crippen LogP contribution in [0.1, 0.15) is 5.56 Å². The zero-order valence-corrected chi connectivity index (χ0v) is 15.7. The van der Waals surface area contributed by atoms with Crippen molar-refractivity contribution >= 4 is 40.7 Å². The minimum absolute atomic E-state index is 0.0665. The lowest BCUT2D eigenvalue weighted by atomic mass is 9.95. The van der Waals surface area contributed by atoms with Crippen LogP contribution in [0.25, 0.3) is 0 Å². The Labute approximate surface area is 161 Å². The van der Waals surface area contributed by atoms with Gasteiger partial charge in [-0.15, -0.1) is 0 Å². The van der Waals surface area contributed by atoms with Crippen LogP contribution in [0.4, 0.5) is 5.69 Å². The average Bonchev–Trinajstić information content (AvgIpc) is 2.62. The molecule has 2 aromatic carbocycles. The first-order valence-corrected chi connectivity index (χ1v) is 8.90. The minimum Gasteiger partial charge on any atom is -0.492 e. The van der Waals surface area contributed by atoms with E-state index in [1.165, 1.54) is 4.90 Å². The van der Waals surface area contributed by atoms with Crippen molar-refractivity contribution in [2.45, 2.75) is 6.42 Å². The summed E-state index contributed by atoms with van der Waals surface area (Å²) < 4.78 is 5.65. The summed E-state index contributed by atoms with van der Waals surface area (Å²) in [6, 6.07) is 12.3. The van der Waals surface area contributed by atoms with Gasteiger partial charge in [0.05, 0.1) is 23.2 Å². The molecule has 0 aliphatic carbocycles. The lowest BCUT2D eigenvalue weighted by Gasteiger charge is -2.28. The Bertz CT molecular complexity index is 841. The highest BCUT2D eigenvalue weighted by Gasteiger charge is 2.29. The molecule has 0 spiro atoms. The molecule has 2 aromatic rings. The maximum absolute atomic E-state index is 12.7. The summed E-state index contributed by atoms with van der Waals surface area (Å²) in [4.78, 5) is 26.2. The van der Waals surface area contributed by atoms with E-state index < -0.39 is 0 Å². The predicted octanol–water partition coefficient (Wildman–Crippen LogP) is 3.64. The number of nitrogens with zero attached hydrogens (tertiary/aromatic N) is 1. The fourth-order valence-corrected chi connectivity index (χ4v) is 3.26. The Kier molecular flexibility index (Phi) is 5.69. The number of benzene rings is 2. The summed E-state index contributed by atoms with van der Waals surface area (Å²) in [6.45, 7) is 0.215. The minimum atomic E-state index is -0.348. The SMILES string of the molecule is CN(CC(=O)Nc1ccccc1Cl)C(=O)C1COc2ccc(Cl)cc2C1. The van der Waals surface area contributed by atoms with E-state index in [1.54, 1.807) is 49.5 Å². The van der Waals surface area contributed by atoms with Gasteiger partial charge in [-0.2, -0.15) is 0 Å². The van der Waals surface area contributed by atoms with Gasteiger partial charge >= 0.3 is 0 Å². The summed E-state index contributed by atoms with van der Waals surface area (Å²) in [5.74, 6) is -0.0595. The molecule has 5 nitrogen and oxygen atoms in total. The van der Waals surface area contributed by atoms with E-state index in [0.717, 1.165) is 11.3 Å². The second-order valence-electron chi connectivity index (χ2n) is 6.19. The Balaban J connectivity index is 1.59. The van der Waals surface area contributed by atoms with Crippen molar-refractivity contribution in [3.05, 3.63) is 58.1 Å². The van der Waals surface area contributed by atoms with Crippen molar-refractivity contribution in [3.8, 4) is 5.75 Å². The molecule has 0 radical (unpaired) electrons. The number of nitrogens with one attached hydrogen (secondary N) is 1. The molecule has 0 saturated heterocycles. The van der Waals surface area contributed by atoms with Crippen molar-refractivity contribution in [3.63, 3.8) is 0 Å². The number of hydrogen-bond acceptors (Lipinski definition) is 3. The molecule has 26 heavy (non-hydrogen) atoms. The van der Waals surface area contributed by atoms with Crippen LogP contribution in [-0.4, -0.2) is 36.9 Å². The third-order valence-corrected chi connectivity index (χ3v) is 4.75. The quantitative estimate of drug-likeness (QED) is 0.863. The van der Waals surface area contributed by atoms with Crippen LogP contribution < -0.4 is 10.1 Å². The molecule has 1 N–H and O–H groups in total. The van der Waals surface area contributed by atoms with E-state index in [2.05, 4.69) is 5.32 Å². The topological polar surface area (TPSA) is 58.6 Å². The molecule has 3 rings (SSSR count). The molecule has 0 bridgehead atoms. The Morgan fingerprint density at radius 2 is 2.00 bits per heavy atom. The summed E-state index contributed by atoms with van der Waals surface area (Å²) in [7, 11) is 1.60. The van der Waals surface area contributed by atoms with Gasteiger partial charge in [0.15, 0.2) is 0 Å². The summed E-state index contributed by atoms with van der Waals surface area (Å²) in [5.41, 5.74) is 1.42. The maximum atomic E-state index is 12.7. The smallest absolute Gasteiger partial charge is 0.244 e. The third-order valence-electron chi connectivity index (χ3n) is 4.18. The van der Waals surface area contributed by atoms with E-state index in [9.17, 15) is 9.59 Å². The van der Waals surface area contributed by atoms with Gasteiger partial charge in [-0.25, -0.2) is 0 Å². The molecule has 1 heterocycles. The van der Waals surface area contributed by atoms with Crippen molar-refractivity contribution in [2.24, 2.45) is 5.92 Å². The number of amides is 2. The average molecular weight is 393 g/mol. The zero-order chi connectivity index (χ0) is 18.7. The van der Waals surface area contributed by atoms with Crippen molar-refractivity contribution in [2.75, 3.05) is 25.5 Å². The summed E-state index contributed by atoms with van der Waals surface area (Å²) in [5, 5.41) is 3.76. The first-order valence-electron chi connectivity index (χ1n) is 8.14. The number of ether oxygens (including phenoxy) is 1. The fourth-order valence-electron chi connectivity index (χ4n) is 2.88. The maximum Gasteiger partial charge on any atom is 0.244 e. The number of carbonyl (C=O) groups excluding carboxylic acids is 2. The highest BCUT2D eigenvalue weighted by atomic mass is 35.5. The van der Waals surface area contributed by atoms with Crippen LogP contribution >= 0.6 is 23.2 Å². The summed E-state index contributed by atoms with van der Waals surface area (Å²) in [6.07, 6.45) is 0.533. The second-order valence-corrected chi connectivity index (χ2v) is 7.03. The molecule has 1 aliphatic rings. The van der Waals surface area contributed by atoms with Crippen LogP contribution in [0.5, 0.6) is 5.75 Å². The Morgan fingerprint density at radius 1 is 1.23 bits per heavy atom. The molecule has 136 valence electrons. The number of likely N-dealkylation sites (N-methyl/N-ethyl adjacent to an activating group) is 1. The molecule has 0 fully saturated rings. The van der Waals surface area contributed by atoms with Gasteiger partial charge in [-0.1, -0.05) is 35.3 Å². The first-order chi connectivity index (χ1) is 12.4. The highest BCUT2D eigenvalue weighted by molar-refractivity contribution is 6.33. The van der Waals surface area contributed by atoms with Gasteiger partial charge in [-0.05, 0) is 42.3 Å². The molecular formula is C19H18Cl2N2O3. The van der Waals surface area contributed by atoms with Crippen LogP contribution in [0.2, 0.25) is 10.0 Å². The van der Waals surface area contributed by atoms with Crippen LogP contribution in [-0.2, 0) is 16.0 Å². The van der Waals surface area contributed by atoms with Crippen LogP contribution in [0.15, 0.2) is 42.5 Å². The van der Waals surface area contributed by atoms with Crippen LogP contribution in [0.3, 0.4) is 0 Å². The molecule has 1 unspecified atom stereocenters. The number of anilines is 1. The molecule has 0 saturated carbocycles. The summed E-state index contributed by atoms with van der Waals surface area (Å²) >= 11 is 12.0. The van der Waals surface area contributed by atoms with Crippen molar-refractivity contribution < 1.29 is 14.3 Å². The molecule has 7 heteroatoms. The lowest BCUT2D eigenvalue weighted by molar-refractivity contribution is -0.138. The second kappa shape index (κ2) is 7.98. The lowest BCUT2D eigenvalue weighted by Crippen LogP contribution is -2.42. The van der Waals surface area contributed by atoms with Gasteiger partial charge < -0.3 is 15.0 Å². The van der Waals surface area contributed by atoms with Gasteiger partial charge in [0.25, 0.3) is 0 Å². The third kappa shape index (κ3) is 4.29. The van der Waals surface area contributed by atoms with E-state index in [4.69, 9.17) is 27.9 Å². The van der Waals surface area contributed by atoms with Crippen molar-refractivity contribution in [1.82, 2.24) is 4.90 Å². The molecule has 0 aromatic heterocycles. The number of para-hydroxylation sites is 1. The van der Waals surface area contributed by atoms with E-state index in [-0.39, 0.29) is 30.9 Å². The number of rotatable bonds is 4. The highest BCUT2D eigenvalue weighted by Crippen LogP contribution is 2.30. The van der Waals surface area contributed by atoms with Gasteiger partial charge in [-0.3, -0.25) is 9.59 Å². The fraction of sp³-hybridized carbons (Fsp3) is 0.263. The normalized spacial score (nSPS) is 15.6. The number of hydrogen-bond donors (Lipinski definition) is 1. The molecule has 2 amide bonds. The largest absolute Gasteiger partial charge is 0.492 e. The molecule has 1 atom stereocenters. The zero-order valence-electron chi connectivity index (χ0n) is 14.2. The van der Waals surface area contributed by atoms with Gasteiger partial charge in [0.2, 0.25) is 11.8 Å². The number of fused-ring (bicyclic) bond motifs is 1. The monoisotopic (exact) mass is 392 g/mol. The predicted molar refractivity (Wildman–Crippen MR) is 102 cm³/mol. The van der Waals surface area contributed by atoms with Gasteiger partial charge in [0.1, 0.15) is 12.4 Å². The Morgan fingerprint density at radius 3 is 2.77 bits per heavy atom. The van der Waals surface area contributed by atoms with Crippen molar-refractivity contribution in [1.29, 1.82) is 0 Å². The molecular weight excluding hydrogens is 375 g/mol. The van der Waals surface area contributed by atoms with Crippen LogP contribution in [0, 0.1) is 5.92 Å². The Hall–Kier alpha value is -2.24. The van der Waals surface area contributed by atoms with E-state index in [1.807, 2.05) is 0 Å². The first kappa shape index (κ1) is 18.5. The van der Waals surface area contributed by atoms with Gasteiger partial charge in [0, 0.05) is 12.1 Å². The number of halogens is 2. The number of carbonyl (C=O) groups is 2. The van der Waals surface area contributed by atoms with E-state index >= 15 is 0 Å².